The molecule has 1 aliphatic heterocycles. The highest BCUT2D eigenvalue weighted by molar-refractivity contribution is 5.89. The smallest absolute Gasteiger partial charge is 0.329 e. The Hall–Kier alpha value is -1.88. The van der Waals surface area contributed by atoms with Crippen molar-refractivity contribution in [3.05, 3.63) is 35.9 Å². The highest BCUT2D eigenvalue weighted by Crippen LogP contribution is 2.45. The second-order valence-corrected chi connectivity index (χ2v) is 8.37. The van der Waals surface area contributed by atoms with Crippen LogP contribution in [-0.4, -0.2) is 35.4 Å². The van der Waals surface area contributed by atoms with Crippen LogP contribution in [0.25, 0.3) is 0 Å². The largest absolute Gasteiger partial charge is 0.459 e. The van der Waals surface area contributed by atoms with Crippen LogP contribution in [-0.2, 0) is 20.9 Å². The fourth-order valence-electron chi connectivity index (χ4n) is 3.73. The standard InChI is InChI=1S/C20H28N2O3/c1-20(2,3)17(21)18(23)22-11-14-9-10-15(14)16(22)19(24)25-12-13-7-5-4-6-8-13/h4-8,14-17H,9-12,21H2,1-3H3/t14-,15-,16-,17+/m0/s1. The van der Waals surface area contributed by atoms with E-state index in [2.05, 4.69) is 0 Å². The quantitative estimate of drug-likeness (QED) is 0.851. The molecular weight excluding hydrogens is 316 g/mol. The van der Waals surface area contributed by atoms with E-state index in [1.807, 2.05) is 51.1 Å². The summed E-state index contributed by atoms with van der Waals surface area (Å²) in [5.41, 5.74) is 6.78. The van der Waals surface area contributed by atoms with E-state index in [0.29, 0.717) is 12.5 Å². The van der Waals surface area contributed by atoms with Gasteiger partial charge in [-0.25, -0.2) is 4.79 Å². The van der Waals surface area contributed by atoms with Crippen LogP contribution >= 0.6 is 0 Å². The highest BCUT2D eigenvalue weighted by atomic mass is 16.5. The lowest BCUT2D eigenvalue weighted by Crippen LogP contribution is -2.54. The van der Waals surface area contributed by atoms with Crippen molar-refractivity contribution in [2.24, 2.45) is 23.0 Å². The van der Waals surface area contributed by atoms with Gasteiger partial charge < -0.3 is 15.4 Å². The van der Waals surface area contributed by atoms with Crippen LogP contribution in [0.4, 0.5) is 0 Å². The molecule has 0 unspecified atom stereocenters. The Bertz CT molecular complexity index is 638. The predicted molar refractivity (Wildman–Crippen MR) is 95.4 cm³/mol. The second-order valence-electron chi connectivity index (χ2n) is 8.37. The van der Waals surface area contributed by atoms with Crippen molar-refractivity contribution in [1.29, 1.82) is 0 Å². The summed E-state index contributed by atoms with van der Waals surface area (Å²) in [5.74, 6) is 0.193. The van der Waals surface area contributed by atoms with Gasteiger partial charge in [0.15, 0.2) is 0 Å². The molecule has 5 heteroatoms. The molecule has 1 aliphatic carbocycles. The van der Waals surface area contributed by atoms with Crippen molar-refractivity contribution in [3.63, 3.8) is 0 Å². The third-order valence-corrected chi connectivity index (χ3v) is 5.60. The summed E-state index contributed by atoms with van der Waals surface area (Å²) in [4.78, 5) is 27.3. The van der Waals surface area contributed by atoms with E-state index in [-0.39, 0.29) is 29.8 Å². The van der Waals surface area contributed by atoms with E-state index >= 15 is 0 Å². The molecule has 0 spiro atoms. The first kappa shape index (κ1) is 17.9. The minimum Gasteiger partial charge on any atom is -0.459 e. The SMILES string of the molecule is CC(C)(C)[C@H](N)C(=O)N1C[C@@H]2CC[C@@H]2[C@H]1C(=O)OCc1ccccc1. The lowest BCUT2D eigenvalue weighted by molar-refractivity contribution is -0.157. The number of carbonyl (C=O) groups is 2. The number of hydrogen-bond acceptors (Lipinski definition) is 4. The summed E-state index contributed by atoms with van der Waals surface area (Å²) in [7, 11) is 0. The van der Waals surface area contributed by atoms with Gasteiger partial charge in [0.05, 0.1) is 6.04 Å². The van der Waals surface area contributed by atoms with Gasteiger partial charge in [-0.2, -0.15) is 0 Å². The summed E-state index contributed by atoms with van der Waals surface area (Å²) < 4.78 is 5.54. The molecular formula is C20H28N2O3. The zero-order valence-corrected chi connectivity index (χ0v) is 15.3. The third-order valence-electron chi connectivity index (χ3n) is 5.60. The minimum absolute atomic E-state index is 0.136. The summed E-state index contributed by atoms with van der Waals surface area (Å²) >= 11 is 0. The number of nitrogens with two attached hydrogens (primary N) is 1. The number of hydrogen-bond donors (Lipinski definition) is 1. The molecule has 2 N–H and O–H groups in total. The van der Waals surface area contributed by atoms with Crippen molar-refractivity contribution in [3.8, 4) is 0 Å². The fraction of sp³-hybridized carbons (Fsp3) is 0.600. The predicted octanol–water partition coefficient (Wildman–Crippen LogP) is 2.34. The Morgan fingerprint density at radius 1 is 1.24 bits per heavy atom. The molecule has 1 heterocycles. The first-order chi connectivity index (χ1) is 11.8. The molecule has 1 aromatic carbocycles. The van der Waals surface area contributed by atoms with Crippen LogP contribution in [0.1, 0.15) is 39.2 Å². The minimum atomic E-state index is -0.616. The molecule has 0 aromatic heterocycles. The molecule has 1 amide bonds. The summed E-state index contributed by atoms with van der Waals surface area (Å²) in [5, 5.41) is 0. The van der Waals surface area contributed by atoms with Crippen molar-refractivity contribution in [2.45, 2.75) is 52.3 Å². The monoisotopic (exact) mass is 344 g/mol. The summed E-state index contributed by atoms with van der Waals surface area (Å²) in [6, 6.07) is 8.50. The van der Waals surface area contributed by atoms with Crippen molar-refractivity contribution in [1.82, 2.24) is 4.90 Å². The van der Waals surface area contributed by atoms with E-state index < -0.39 is 12.1 Å². The van der Waals surface area contributed by atoms with E-state index in [1.54, 1.807) is 4.90 Å². The number of likely N-dealkylation sites (tertiary alicyclic amines) is 1. The van der Waals surface area contributed by atoms with Crippen molar-refractivity contribution in [2.75, 3.05) is 6.54 Å². The lowest BCUT2D eigenvalue weighted by Gasteiger charge is -2.34. The number of fused-ring (bicyclic) bond motifs is 1. The number of carbonyl (C=O) groups excluding carboxylic acids is 2. The van der Waals surface area contributed by atoms with Crippen LogP contribution < -0.4 is 5.73 Å². The van der Waals surface area contributed by atoms with Gasteiger partial charge in [-0.05, 0) is 35.7 Å². The summed E-state index contributed by atoms with van der Waals surface area (Å²) in [6.07, 6.45) is 2.05. The van der Waals surface area contributed by atoms with Gasteiger partial charge in [-0.15, -0.1) is 0 Å². The van der Waals surface area contributed by atoms with Gasteiger partial charge in [-0.3, -0.25) is 4.79 Å². The Balaban J connectivity index is 1.70. The maximum atomic E-state index is 12.9. The second kappa shape index (κ2) is 6.79. The molecule has 3 rings (SSSR count). The van der Waals surface area contributed by atoms with Gasteiger partial charge in [0, 0.05) is 6.54 Å². The number of esters is 1. The Morgan fingerprint density at radius 3 is 2.48 bits per heavy atom. The van der Waals surface area contributed by atoms with Crippen LogP contribution in [0.5, 0.6) is 0 Å². The van der Waals surface area contributed by atoms with Crippen molar-refractivity contribution < 1.29 is 14.3 Å². The normalized spacial score (nSPS) is 26.6. The number of amides is 1. The van der Waals surface area contributed by atoms with Gasteiger partial charge in [0.2, 0.25) is 5.91 Å². The van der Waals surface area contributed by atoms with Gasteiger partial charge >= 0.3 is 5.97 Å². The van der Waals surface area contributed by atoms with Crippen molar-refractivity contribution >= 4 is 11.9 Å². The van der Waals surface area contributed by atoms with E-state index in [9.17, 15) is 9.59 Å². The number of rotatable bonds is 4. The highest BCUT2D eigenvalue weighted by Gasteiger charge is 2.53. The Morgan fingerprint density at radius 2 is 1.92 bits per heavy atom. The Labute approximate surface area is 149 Å². The molecule has 0 bridgehead atoms. The van der Waals surface area contributed by atoms with Crippen LogP contribution in [0.3, 0.4) is 0 Å². The Kier molecular flexibility index (Phi) is 4.87. The van der Waals surface area contributed by atoms with Gasteiger partial charge in [0.1, 0.15) is 12.6 Å². The third kappa shape index (κ3) is 3.56. The van der Waals surface area contributed by atoms with Crippen LogP contribution in [0, 0.1) is 17.3 Å². The molecule has 2 fully saturated rings. The number of ether oxygens (including phenoxy) is 1. The molecule has 136 valence electrons. The molecule has 2 aliphatic rings. The number of benzene rings is 1. The molecule has 5 nitrogen and oxygen atoms in total. The van der Waals surface area contributed by atoms with Gasteiger partial charge in [-0.1, -0.05) is 51.1 Å². The first-order valence-corrected chi connectivity index (χ1v) is 9.05. The molecule has 1 saturated heterocycles. The zero-order chi connectivity index (χ0) is 18.2. The molecule has 25 heavy (non-hydrogen) atoms. The van der Waals surface area contributed by atoms with E-state index in [1.165, 1.54) is 0 Å². The average molecular weight is 344 g/mol. The topological polar surface area (TPSA) is 72.6 Å². The molecule has 1 aromatic rings. The van der Waals surface area contributed by atoms with Crippen LogP contribution in [0.15, 0.2) is 30.3 Å². The average Bonchev–Trinajstić information content (AvgIpc) is 2.82. The fourth-order valence-corrected chi connectivity index (χ4v) is 3.73. The van der Waals surface area contributed by atoms with E-state index in [4.69, 9.17) is 10.5 Å². The van der Waals surface area contributed by atoms with E-state index in [0.717, 1.165) is 18.4 Å². The lowest BCUT2D eigenvalue weighted by atomic mass is 9.73. The molecule has 0 radical (unpaired) electrons. The maximum Gasteiger partial charge on any atom is 0.329 e. The van der Waals surface area contributed by atoms with Gasteiger partial charge in [0.25, 0.3) is 0 Å². The molecule has 1 saturated carbocycles. The first-order valence-electron chi connectivity index (χ1n) is 9.05. The number of nitrogens with zero attached hydrogens (tertiary/aromatic N) is 1. The molecule has 4 atom stereocenters. The zero-order valence-electron chi connectivity index (χ0n) is 15.3. The maximum absolute atomic E-state index is 12.9. The van der Waals surface area contributed by atoms with Crippen LogP contribution in [0.2, 0.25) is 0 Å². The summed E-state index contributed by atoms with van der Waals surface area (Å²) in [6.45, 7) is 6.70.